The predicted octanol–water partition coefficient (Wildman–Crippen LogP) is 2.89. The average Bonchev–Trinajstić information content (AvgIpc) is 2.69. The molecular formula is C20H23ClN2O4. The minimum atomic E-state index is -0.656. The summed E-state index contributed by atoms with van der Waals surface area (Å²) in [7, 11) is 3.11. The second-order valence-electron chi connectivity index (χ2n) is 5.91. The number of halogens is 1. The Labute approximate surface area is 164 Å². The second kappa shape index (κ2) is 9.83. The molecule has 0 heterocycles. The van der Waals surface area contributed by atoms with Crippen LogP contribution >= 0.6 is 11.6 Å². The van der Waals surface area contributed by atoms with Gasteiger partial charge < -0.3 is 19.7 Å². The van der Waals surface area contributed by atoms with E-state index in [0.717, 1.165) is 5.56 Å². The number of hydrogen-bond donors (Lipinski definition) is 1. The van der Waals surface area contributed by atoms with Gasteiger partial charge in [-0.25, -0.2) is 0 Å². The fraction of sp³-hybridized carbons (Fsp3) is 0.300. The van der Waals surface area contributed by atoms with Crippen LogP contribution in [0.25, 0.3) is 0 Å². The molecular weight excluding hydrogens is 368 g/mol. The highest BCUT2D eigenvalue weighted by atomic mass is 35.5. The molecule has 0 radical (unpaired) electrons. The van der Waals surface area contributed by atoms with E-state index in [9.17, 15) is 9.59 Å². The third-order valence-corrected chi connectivity index (χ3v) is 4.29. The number of likely N-dealkylation sites (N-methyl/N-ethyl adjacent to an activating group) is 1. The largest absolute Gasteiger partial charge is 0.497 e. The van der Waals surface area contributed by atoms with Crippen molar-refractivity contribution in [1.29, 1.82) is 0 Å². The van der Waals surface area contributed by atoms with Crippen LogP contribution < -0.4 is 14.8 Å². The number of carbonyl (C=O) groups excluding carboxylic acids is 2. The van der Waals surface area contributed by atoms with E-state index in [1.807, 2.05) is 24.3 Å². The smallest absolute Gasteiger partial charge is 0.261 e. The van der Waals surface area contributed by atoms with Gasteiger partial charge in [-0.05, 0) is 42.8 Å². The Hall–Kier alpha value is -2.73. The SMILES string of the molecule is CNC(=O)[C@@H](C)N(Cc1cccc(OC)c1)C(=O)COc1cccc(Cl)c1. The van der Waals surface area contributed by atoms with Crippen molar-refractivity contribution in [3.63, 3.8) is 0 Å². The highest BCUT2D eigenvalue weighted by molar-refractivity contribution is 6.30. The van der Waals surface area contributed by atoms with Crippen LogP contribution in [0, 0.1) is 0 Å². The first-order valence-electron chi connectivity index (χ1n) is 8.47. The van der Waals surface area contributed by atoms with E-state index >= 15 is 0 Å². The lowest BCUT2D eigenvalue weighted by Gasteiger charge is -2.28. The summed E-state index contributed by atoms with van der Waals surface area (Å²) in [6, 6.07) is 13.5. The highest BCUT2D eigenvalue weighted by Crippen LogP contribution is 2.19. The van der Waals surface area contributed by atoms with Gasteiger partial charge in [-0.2, -0.15) is 0 Å². The molecule has 7 heteroatoms. The number of ether oxygens (including phenoxy) is 2. The molecule has 0 aromatic heterocycles. The van der Waals surface area contributed by atoms with E-state index < -0.39 is 6.04 Å². The van der Waals surface area contributed by atoms with Crippen LogP contribution in [-0.4, -0.2) is 43.5 Å². The summed E-state index contributed by atoms with van der Waals surface area (Å²) in [5.41, 5.74) is 0.848. The molecule has 0 saturated heterocycles. The molecule has 0 aliphatic heterocycles. The van der Waals surface area contributed by atoms with Gasteiger partial charge in [0.15, 0.2) is 6.61 Å². The Morgan fingerprint density at radius 1 is 1.15 bits per heavy atom. The highest BCUT2D eigenvalue weighted by Gasteiger charge is 2.26. The van der Waals surface area contributed by atoms with Gasteiger partial charge in [0, 0.05) is 18.6 Å². The predicted molar refractivity (Wildman–Crippen MR) is 104 cm³/mol. The lowest BCUT2D eigenvalue weighted by Crippen LogP contribution is -2.48. The lowest BCUT2D eigenvalue weighted by atomic mass is 10.1. The van der Waals surface area contributed by atoms with Gasteiger partial charge in [0.2, 0.25) is 5.91 Å². The van der Waals surface area contributed by atoms with Crippen LogP contribution in [0.15, 0.2) is 48.5 Å². The van der Waals surface area contributed by atoms with Crippen LogP contribution in [0.1, 0.15) is 12.5 Å². The summed E-state index contributed by atoms with van der Waals surface area (Å²) in [5, 5.41) is 3.09. The van der Waals surface area contributed by atoms with Gasteiger partial charge >= 0.3 is 0 Å². The fourth-order valence-corrected chi connectivity index (χ4v) is 2.72. The van der Waals surface area contributed by atoms with Crippen LogP contribution in [0.4, 0.5) is 0 Å². The minimum Gasteiger partial charge on any atom is -0.497 e. The number of hydrogen-bond acceptors (Lipinski definition) is 4. The molecule has 6 nitrogen and oxygen atoms in total. The van der Waals surface area contributed by atoms with Crippen LogP contribution in [0.2, 0.25) is 5.02 Å². The number of nitrogens with zero attached hydrogens (tertiary/aromatic N) is 1. The van der Waals surface area contributed by atoms with Crippen molar-refractivity contribution in [2.45, 2.75) is 19.5 Å². The van der Waals surface area contributed by atoms with Crippen LogP contribution in [-0.2, 0) is 16.1 Å². The minimum absolute atomic E-state index is 0.203. The van der Waals surface area contributed by atoms with Gasteiger partial charge in [-0.1, -0.05) is 29.8 Å². The number of carbonyl (C=O) groups is 2. The Morgan fingerprint density at radius 2 is 1.85 bits per heavy atom. The molecule has 0 saturated carbocycles. The van der Waals surface area contributed by atoms with Crippen molar-refractivity contribution in [2.75, 3.05) is 20.8 Å². The molecule has 27 heavy (non-hydrogen) atoms. The summed E-state index contributed by atoms with van der Waals surface area (Å²) >= 11 is 5.93. The van der Waals surface area contributed by atoms with E-state index in [-0.39, 0.29) is 25.0 Å². The van der Waals surface area contributed by atoms with Crippen molar-refractivity contribution < 1.29 is 19.1 Å². The lowest BCUT2D eigenvalue weighted by molar-refractivity contribution is -0.142. The van der Waals surface area contributed by atoms with Gasteiger partial charge in [0.25, 0.3) is 5.91 Å². The molecule has 0 bridgehead atoms. The van der Waals surface area contributed by atoms with Crippen molar-refractivity contribution in [3.05, 3.63) is 59.1 Å². The quantitative estimate of drug-likeness (QED) is 0.752. The molecule has 144 valence electrons. The molecule has 2 aromatic carbocycles. The summed E-state index contributed by atoms with van der Waals surface area (Å²) in [5.74, 6) is 0.607. The van der Waals surface area contributed by atoms with E-state index in [0.29, 0.717) is 16.5 Å². The number of amides is 2. The van der Waals surface area contributed by atoms with Gasteiger partial charge in [-0.3, -0.25) is 9.59 Å². The zero-order valence-corrected chi connectivity index (χ0v) is 16.3. The van der Waals surface area contributed by atoms with Crippen molar-refractivity contribution in [2.24, 2.45) is 0 Å². The van der Waals surface area contributed by atoms with Crippen molar-refractivity contribution in [1.82, 2.24) is 10.2 Å². The molecule has 0 unspecified atom stereocenters. The molecule has 0 aliphatic carbocycles. The van der Waals surface area contributed by atoms with E-state index in [4.69, 9.17) is 21.1 Å². The van der Waals surface area contributed by atoms with E-state index in [1.165, 1.54) is 11.9 Å². The third-order valence-electron chi connectivity index (χ3n) is 4.06. The number of benzene rings is 2. The summed E-state index contributed by atoms with van der Waals surface area (Å²) in [6.45, 7) is 1.73. The van der Waals surface area contributed by atoms with Gasteiger partial charge in [0.05, 0.1) is 7.11 Å². The van der Waals surface area contributed by atoms with E-state index in [2.05, 4.69) is 5.32 Å². The summed E-state index contributed by atoms with van der Waals surface area (Å²) in [4.78, 5) is 26.4. The average molecular weight is 391 g/mol. The number of nitrogens with one attached hydrogen (secondary N) is 1. The first kappa shape index (κ1) is 20.6. The van der Waals surface area contributed by atoms with Crippen molar-refractivity contribution >= 4 is 23.4 Å². The number of rotatable bonds is 8. The Morgan fingerprint density at radius 3 is 2.52 bits per heavy atom. The Kier molecular flexibility index (Phi) is 7.49. The molecule has 2 rings (SSSR count). The molecule has 1 atom stereocenters. The van der Waals surface area contributed by atoms with Gasteiger partial charge in [0.1, 0.15) is 17.5 Å². The van der Waals surface area contributed by atoms with Crippen LogP contribution in [0.3, 0.4) is 0 Å². The molecule has 2 aromatic rings. The van der Waals surface area contributed by atoms with Gasteiger partial charge in [-0.15, -0.1) is 0 Å². The maximum absolute atomic E-state index is 12.8. The molecule has 2 amide bonds. The second-order valence-corrected chi connectivity index (χ2v) is 6.35. The topological polar surface area (TPSA) is 67.9 Å². The maximum Gasteiger partial charge on any atom is 0.261 e. The zero-order chi connectivity index (χ0) is 19.8. The summed E-state index contributed by atoms with van der Waals surface area (Å²) in [6.07, 6.45) is 0. The van der Waals surface area contributed by atoms with Crippen LogP contribution in [0.5, 0.6) is 11.5 Å². The standard InChI is InChI=1S/C20H23ClN2O4/c1-14(20(25)22-2)23(12-15-6-4-8-17(10-15)26-3)19(24)13-27-18-9-5-7-16(21)11-18/h4-11,14H,12-13H2,1-3H3,(H,22,25)/t14-/m1/s1. The normalized spacial score (nSPS) is 11.4. The number of methoxy groups -OCH3 is 1. The zero-order valence-electron chi connectivity index (χ0n) is 15.6. The van der Waals surface area contributed by atoms with Crippen molar-refractivity contribution in [3.8, 4) is 11.5 Å². The first-order valence-corrected chi connectivity index (χ1v) is 8.84. The Bertz CT molecular complexity index is 797. The maximum atomic E-state index is 12.8. The Balaban J connectivity index is 2.15. The molecule has 0 fully saturated rings. The molecule has 0 spiro atoms. The molecule has 0 aliphatic rings. The summed E-state index contributed by atoms with van der Waals surface area (Å²) < 4.78 is 10.8. The van der Waals surface area contributed by atoms with E-state index in [1.54, 1.807) is 38.3 Å². The monoisotopic (exact) mass is 390 g/mol. The molecule has 1 N–H and O–H groups in total. The first-order chi connectivity index (χ1) is 12.9. The third kappa shape index (κ3) is 5.89. The fourth-order valence-electron chi connectivity index (χ4n) is 2.54.